The number of carbonyl (C=O) groups excluding carboxylic acids is 1. The Labute approximate surface area is 101 Å². The maximum atomic E-state index is 11.0. The van der Waals surface area contributed by atoms with E-state index >= 15 is 0 Å². The normalized spacial score (nSPS) is 10.8. The van der Waals surface area contributed by atoms with E-state index in [0.717, 1.165) is 17.8 Å². The quantitative estimate of drug-likeness (QED) is 0.801. The summed E-state index contributed by atoms with van der Waals surface area (Å²) in [5, 5.41) is 7.02. The van der Waals surface area contributed by atoms with Gasteiger partial charge in [-0.3, -0.25) is 9.48 Å². The first-order valence-corrected chi connectivity index (χ1v) is 5.92. The lowest BCUT2D eigenvalue weighted by atomic mass is 10.2. The van der Waals surface area contributed by atoms with Crippen molar-refractivity contribution in [3.63, 3.8) is 0 Å². The molecule has 0 saturated carbocycles. The predicted octanol–water partition coefficient (Wildman–Crippen LogP) is 1.70. The Hall–Kier alpha value is -1.03. The van der Waals surface area contributed by atoms with Gasteiger partial charge >= 0.3 is 0 Å². The van der Waals surface area contributed by atoms with Crippen molar-refractivity contribution in [1.82, 2.24) is 15.1 Å². The Morgan fingerprint density at radius 1 is 1.62 bits per heavy atom. The first-order valence-electron chi connectivity index (χ1n) is 5.38. The fraction of sp³-hybridized carbons (Fsp3) is 0.636. The van der Waals surface area contributed by atoms with E-state index in [9.17, 15) is 4.79 Å². The van der Waals surface area contributed by atoms with Gasteiger partial charge < -0.3 is 5.32 Å². The molecule has 0 bridgehead atoms. The molecule has 1 N–H and O–H groups in total. The fourth-order valence-corrected chi connectivity index (χ4v) is 1.52. The molecule has 0 aliphatic carbocycles. The summed E-state index contributed by atoms with van der Waals surface area (Å²) in [6.07, 6.45) is 1.80. The second kappa shape index (κ2) is 5.89. The monoisotopic (exact) mass is 243 g/mol. The first kappa shape index (κ1) is 13.0. The van der Waals surface area contributed by atoms with Crippen LogP contribution in [-0.2, 0) is 17.9 Å². The topological polar surface area (TPSA) is 46.9 Å². The second-order valence-electron chi connectivity index (χ2n) is 4.24. The summed E-state index contributed by atoms with van der Waals surface area (Å²) in [4.78, 5) is 11.0. The lowest BCUT2D eigenvalue weighted by Crippen LogP contribution is -2.24. The zero-order valence-corrected chi connectivity index (χ0v) is 10.7. The molecule has 1 rings (SSSR count). The van der Waals surface area contributed by atoms with Crippen molar-refractivity contribution >= 4 is 17.5 Å². The molecule has 0 atom stereocenters. The Bertz CT molecular complexity index is 360. The molecule has 0 saturated heterocycles. The van der Waals surface area contributed by atoms with E-state index in [-0.39, 0.29) is 11.8 Å². The number of alkyl halides is 1. The fourth-order valence-electron chi connectivity index (χ4n) is 1.43. The standard InChI is InChI=1S/C11H18ClN3O/c1-8(2)7-15-9(3)10(6-14-15)5-13-11(16)4-12/h6,8H,4-5,7H2,1-3H3,(H,13,16). The van der Waals surface area contributed by atoms with Crippen molar-refractivity contribution in [2.45, 2.75) is 33.9 Å². The van der Waals surface area contributed by atoms with Crippen molar-refractivity contribution in [2.75, 3.05) is 5.88 Å². The summed E-state index contributed by atoms with van der Waals surface area (Å²) in [7, 11) is 0. The van der Waals surface area contributed by atoms with Crippen LogP contribution in [0.2, 0.25) is 0 Å². The first-order chi connectivity index (χ1) is 7.54. The Kier molecular flexibility index (Phi) is 4.80. The number of aromatic nitrogens is 2. The van der Waals surface area contributed by atoms with Crippen molar-refractivity contribution < 1.29 is 4.79 Å². The highest BCUT2D eigenvalue weighted by atomic mass is 35.5. The molecule has 1 aromatic heterocycles. The summed E-state index contributed by atoms with van der Waals surface area (Å²) in [6, 6.07) is 0. The van der Waals surface area contributed by atoms with Gasteiger partial charge in [-0.25, -0.2) is 0 Å². The molecule has 1 amide bonds. The van der Waals surface area contributed by atoms with E-state index < -0.39 is 0 Å². The van der Waals surface area contributed by atoms with Crippen molar-refractivity contribution in [3.05, 3.63) is 17.5 Å². The van der Waals surface area contributed by atoms with Gasteiger partial charge in [-0.15, -0.1) is 11.6 Å². The summed E-state index contributed by atoms with van der Waals surface area (Å²) >= 11 is 5.40. The maximum Gasteiger partial charge on any atom is 0.235 e. The number of amides is 1. The van der Waals surface area contributed by atoms with Gasteiger partial charge in [-0.2, -0.15) is 5.10 Å². The van der Waals surface area contributed by atoms with Crippen LogP contribution in [0.3, 0.4) is 0 Å². The van der Waals surface area contributed by atoms with Crippen LogP contribution in [0.25, 0.3) is 0 Å². The zero-order chi connectivity index (χ0) is 12.1. The highest BCUT2D eigenvalue weighted by Crippen LogP contribution is 2.09. The summed E-state index contributed by atoms with van der Waals surface area (Å²) < 4.78 is 1.97. The number of nitrogens with zero attached hydrogens (tertiary/aromatic N) is 2. The predicted molar refractivity (Wildman–Crippen MR) is 64.4 cm³/mol. The molecule has 0 unspecified atom stereocenters. The zero-order valence-electron chi connectivity index (χ0n) is 9.96. The lowest BCUT2D eigenvalue weighted by molar-refractivity contribution is -0.118. The molecule has 0 aliphatic heterocycles. The minimum atomic E-state index is -0.155. The maximum absolute atomic E-state index is 11.0. The molecule has 1 aromatic rings. The largest absolute Gasteiger partial charge is 0.351 e. The van der Waals surface area contributed by atoms with Crippen LogP contribution in [0.15, 0.2) is 6.20 Å². The number of carbonyl (C=O) groups is 1. The number of nitrogens with one attached hydrogen (secondary N) is 1. The third-order valence-electron chi connectivity index (χ3n) is 2.34. The van der Waals surface area contributed by atoms with Crippen LogP contribution in [0.4, 0.5) is 0 Å². The van der Waals surface area contributed by atoms with Gasteiger partial charge in [0.15, 0.2) is 0 Å². The molecule has 5 heteroatoms. The van der Waals surface area contributed by atoms with E-state index in [1.54, 1.807) is 6.20 Å². The van der Waals surface area contributed by atoms with E-state index in [4.69, 9.17) is 11.6 Å². The molecule has 1 heterocycles. The Morgan fingerprint density at radius 2 is 2.31 bits per heavy atom. The van der Waals surface area contributed by atoms with Crippen LogP contribution >= 0.6 is 11.6 Å². The van der Waals surface area contributed by atoms with Gasteiger partial charge in [0.05, 0.1) is 6.20 Å². The molecule has 4 nitrogen and oxygen atoms in total. The molecule has 16 heavy (non-hydrogen) atoms. The summed E-state index contributed by atoms with van der Waals surface area (Å²) in [5.74, 6) is 0.403. The van der Waals surface area contributed by atoms with Gasteiger partial charge in [0.2, 0.25) is 5.91 Å². The van der Waals surface area contributed by atoms with Gasteiger partial charge in [0.25, 0.3) is 0 Å². The SMILES string of the molecule is Cc1c(CNC(=O)CCl)cnn1CC(C)C. The third kappa shape index (κ3) is 3.52. The van der Waals surface area contributed by atoms with Crippen LogP contribution in [-0.4, -0.2) is 21.6 Å². The van der Waals surface area contributed by atoms with E-state index in [1.165, 1.54) is 0 Å². The van der Waals surface area contributed by atoms with Crippen LogP contribution in [0.5, 0.6) is 0 Å². The van der Waals surface area contributed by atoms with E-state index in [2.05, 4.69) is 24.3 Å². The Balaban J connectivity index is 2.61. The number of hydrogen-bond donors (Lipinski definition) is 1. The lowest BCUT2D eigenvalue weighted by Gasteiger charge is -2.08. The molecule has 90 valence electrons. The van der Waals surface area contributed by atoms with Crippen LogP contribution in [0.1, 0.15) is 25.1 Å². The molecular formula is C11H18ClN3O. The number of hydrogen-bond acceptors (Lipinski definition) is 2. The molecule has 0 aromatic carbocycles. The number of halogens is 1. The van der Waals surface area contributed by atoms with Gasteiger partial charge in [-0.1, -0.05) is 13.8 Å². The van der Waals surface area contributed by atoms with Gasteiger partial charge in [-0.05, 0) is 12.8 Å². The molecule has 0 aliphatic rings. The average molecular weight is 244 g/mol. The number of rotatable bonds is 5. The third-order valence-corrected chi connectivity index (χ3v) is 2.58. The van der Waals surface area contributed by atoms with Crippen LogP contribution in [0, 0.1) is 12.8 Å². The smallest absolute Gasteiger partial charge is 0.235 e. The van der Waals surface area contributed by atoms with E-state index in [0.29, 0.717) is 12.5 Å². The summed E-state index contributed by atoms with van der Waals surface area (Å²) in [6.45, 7) is 7.70. The van der Waals surface area contributed by atoms with E-state index in [1.807, 2.05) is 11.6 Å². The van der Waals surface area contributed by atoms with Crippen molar-refractivity contribution in [3.8, 4) is 0 Å². The minimum absolute atomic E-state index is 0.000815. The van der Waals surface area contributed by atoms with Gasteiger partial charge in [0.1, 0.15) is 5.88 Å². The van der Waals surface area contributed by atoms with Crippen molar-refractivity contribution in [2.24, 2.45) is 5.92 Å². The molecule has 0 spiro atoms. The highest BCUT2D eigenvalue weighted by molar-refractivity contribution is 6.27. The van der Waals surface area contributed by atoms with Gasteiger partial charge in [0, 0.05) is 24.3 Å². The minimum Gasteiger partial charge on any atom is -0.351 e. The average Bonchev–Trinajstić information content (AvgIpc) is 2.56. The molecule has 0 radical (unpaired) electrons. The second-order valence-corrected chi connectivity index (χ2v) is 4.51. The van der Waals surface area contributed by atoms with Crippen molar-refractivity contribution in [1.29, 1.82) is 0 Å². The van der Waals surface area contributed by atoms with Crippen LogP contribution < -0.4 is 5.32 Å². The molecule has 0 fully saturated rings. The highest BCUT2D eigenvalue weighted by Gasteiger charge is 2.08. The molecular weight excluding hydrogens is 226 g/mol. The summed E-state index contributed by atoms with van der Waals surface area (Å²) in [5.41, 5.74) is 2.14. The Morgan fingerprint density at radius 3 is 2.88 bits per heavy atom.